The molecule has 0 aliphatic carbocycles. The quantitative estimate of drug-likeness (QED) is 0.401. The van der Waals surface area contributed by atoms with Gasteiger partial charge in [0.05, 0.1) is 11.9 Å². The summed E-state index contributed by atoms with van der Waals surface area (Å²) in [4.78, 5) is 27.7. The molecule has 0 unspecified atom stereocenters. The number of benzene rings is 1. The van der Waals surface area contributed by atoms with Gasteiger partial charge in [0.25, 0.3) is 0 Å². The Balaban J connectivity index is 1.74. The molecule has 126 valence electrons. The lowest BCUT2D eigenvalue weighted by molar-refractivity contribution is -0.108. The highest BCUT2D eigenvalue weighted by molar-refractivity contribution is 5.75. The molecule has 0 saturated carbocycles. The van der Waals surface area contributed by atoms with Crippen molar-refractivity contribution in [3.8, 4) is 11.5 Å². The molecule has 3 N–H and O–H groups in total. The van der Waals surface area contributed by atoms with Crippen molar-refractivity contribution in [2.45, 2.75) is 6.42 Å². The van der Waals surface area contributed by atoms with Crippen LogP contribution in [0.2, 0.25) is 0 Å². The van der Waals surface area contributed by atoms with Crippen LogP contribution in [0.25, 0.3) is 0 Å². The van der Waals surface area contributed by atoms with Crippen molar-refractivity contribution in [3.63, 3.8) is 0 Å². The molecule has 0 aliphatic heterocycles. The zero-order valence-corrected chi connectivity index (χ0v) is 12.8. The largest absolute Gasteiger partial charge is 0.504 e. The number of anilines is 1. The van der Waals surface area contributed by atoms with Gasteiger partial charge >= 0.3 is 6.09 Å². The predicted molar refractivity (Wildman–Crippen MR) is 85.6 cm³/mol. The van der Waals surface area contributed by atoms with E-state index in [1.807, 2.05) is 0 Å². The van der Waals surface area contributed by atoms with Crippen LogP contribution in [-0.4, -0.2) is 41.0 Å². The Labute approximate surface area is 138 Å². The molecule has 0 atom stereocenters. The minimum Gasteiger partial charge on any atom is -0.504 e. The van der Waals surface area contributed by atoms with Crippen LogP contribution in [-0.2, 0) is 16.0 Å². The first-order valence-electron chi connectivity index (χ1n) is 7.13. The Morgan fingerprint density at radius 1 is 1.29 bits per heavy atom. The number of pyridine rings is 1. The average molecular weight is 331 g/mol. The molecule has 2 rings (SSSR count). The first-order chi connectivity index (χ1) is 11.6. The maximum absolute atomic E-state index is 11.6. The molecule has 8 nitrogen and oxygen atoms in total. The Hall–Kier alpha value is -3.29. The highest BCUT2D eigenvalue weighted by Crippen LogP contribution is 2.24. The first-order valence-corrected chi connectivity index (χ1v) is 7.13. The van der Waals surface area contributed by atoms with Crippen molar-refractivity contribution in [2.24, 2.45) is 0 Å². The minimum atomic E-state index is -0.672. The molecule has 0 bridgehead atoms. The number of hydrogen-bond donors (Lipinski definition) is 3. The second kappa shape index (κ2) is 8.37. The third-order valence-electron chi connectivity index (χ3n) is 3.16. The normalized spacial score (nSPS) is 10.0. The Kier molecular flexibility index (Phi) is 5.95. The second-order valence-corrected chi connectivity index (χ2v) is 4.85. The summed E-state index contributed by atoms with van der Waals surface area (Å²) in [6.07, 6.45) is 3.37. The molecule has 0 saturated heterocycles. The highest BCUT2D eigenvalue weighted by atomic mass is 16.6. The van der Waals surface area contributed by atoms with Gasteiger partial charge in [0.1, 0.15) is 0 Å². The fourth-order valence-corrected chi connectivity index (χ4v) is 1.90. The van der Waals surface area contributed by atoms with E-state index >= 15 is 0 Å². The Morgan fingerprint density at radius 2 is 2.12 bits per heavy atom. The number of carbonyl (C=O) groups excluding carboxylic acids is 2. The monoisotopic (exact) mass is 331 g/mol. The zero-order valence-electron chi connectivity index (χ0n) is 12.8. The van der Waals surface area contributed by atoms with Crippen molar-refractivity contribution < 1.29 is 24.5 Å². The fraction of sp³-hybridized carbons (Fsp3) is 0.188. The molecule has 8 heteroatoms. The van der Waals surface area contributed by atoms with Crippen LogP contribution in [0.1, 0.15) is 5.56 Å². The summed E-state index contributed by atoms with van der Waals surface area (Å²) < 4.78 is 4.96. The summed E-state index contributed by atoms with van der Waals surface area (Å²) in [5.41, 5.74) is 1.26. The third-order valence-corrected chi connectivity index (χ3v) is 3.16. The van der Waals surface area contributed by atoms with Crippen molar-refractivity contribution in [3.05, 3.63) is 48.3 Å². The average Bonchev–Trinajstić information content (AvgIpc) is 2.59. The van der Waals surface area contributed by atoms with E-state index < -0.39 is 6.09 Å². The number of nitrogens with zero attached hydrogens (tertiary/aromatic N) is 2. The molecule has 0 aliphatic rings. The van der Waals surface area contributed by atoms with Crippen molar-refractivity contribution in [1.29, 1.82) is 0 Å². The SMILES string of the molecule is O=CN(COC(=O)NCCc1ccc(O)c(O)c1)c1cccnc1. The standard InChI is InChI=1S/C16H17N3O5/c20-10-19(13-2-1-6-17-9-13)11-24-16(23)18-7-5-12-3-4-14(21)15(22)8-12/h1-4,6,8-10,21-22H,5,7,11H2,(H,18,23). The number of phenolic OH excluding ortho intramolecular Hbond substituents is 2. The van der Waals surface area contributed by atoms with E-state index in [-0.39, 0.29) is 24.8 Å². The number of amides is 2. The molecule has 2 aromatic rings. The first kappa shape index (κ1) is 17.1. The van der Waals surface area contributed by atoms with Crippen LogP contribution >= 0.6 is 0 Å². The predicted octanol–water partition coefficient (Wildman–Crippen LogP) is 1.38. The molecule has 24 heavy (non-hydrogen) atoms. The van der Waals surface area contributed by atoms with Gasteiger partial charge in [-0.2, -0.15) is 0 Å². The summed E-state index contributed by atoms with van der Waals surface area (Å²) in [5.74, 6) is -0.413. The number of phenols is 2. The molecule has 1 aromatic heterocycles. The van der Waals surface area contributed by atoms with E-state index in [4.69, 9.17) is 4.74 Å². The number of aromatic nitrogens is 1. The second-order valence-electron chi connectivity index (χ2n) is 4.85. The van der Waals surface area contributed by atoms with Gasteiger partial charge in [0.15, 0.2) is 18.2 Å². The molecule has 1 heterocycles. The van der Waals surface area contributed by atoms with Crippen molar-refractivity contribution >= 4 is 18.2 Å². The number of rotatable bonds is 7. The number of nitrogens with one attached hydrogen (secondary N) is 1. The summed E-state index contributed by atoms with van der Waals surface area (Å²) in [6, 6.07) is 7.76. The molecule has 0 fully saturated rings. The van der Waals surface area contributed by atoms with E-state index in [1.54, 1.807) is 24.4 Å². The number of aromatic hydroxyl groups is 2. The van der Waals surface area contributed by atoms with Crippen LogP contribution < -0.4 is 10.2 Å². The van der Waals surface area contributed by atoms with Gasteiger partial charge in [-0.25, -0.2) is 4.79 Å². The van der Waals surface area contributed by atoms with E-state index in [1.165, 1.54) is 23.2 Å². The lowest BCUT2D eigenvalue weighted by atomic mass is 10.1. The molecule has 1 aromatic carbocycles. The van der Waals surface area contributed by atoms with Crippen molar-refractivity contribution in [2.75, 3.05) is 18.2 Å². The van der Waals surface area contributed by atoms with E-state index in [0.717, 1.165) is 5.56 Å². The lowest BCUT2D eigenvalue weighted by Gasteiger charge is -2.16. The minimum absolute atomic E-state index is 0.199. The molecule has 2 amide bonds. The highest BCUT2D eigenvalue weighted by Gasteiger charge is 2.09. The van der Waals surface area contributed by atoms with Gasteiger partial charge in [0.2, 0.25) is 6.41 Å². The number of hydrogen-bond acceptors (Lipinski definition) is 6. The topological polar surface area (TPSA) is 112 Å². The van der Waals surface area contributed by atoms with Gasteiger partial charge in [-0.05, 0) is 36.2 Å². The number of ether oxygens (including phenoxy) is 1. The summed E-state index contributed by atoms with van der Waals surface area (Å²) >= 11 is 0. The third kappa shape index (κ3) is 4.87. The van der Waals surface area contributed by atoms with Gasteiger partial charge in [-0.15, -0.1) is 0 Å². The molecule has 0 radical (unpaired) electrons. The van der Waals surface area contributed by atoms with Gasteiger partial charge in [-0.3, -0.25) is 14.7 Å². The molecular formula is C16H17N3O5. The zero-order chi connectivity index (χ0) is 17.4. The number of carbonyl (C=O) groups is 2. The van der Waals surface area contributed by atoms with Crippen LogP contribution in [0.15, 0.2) is 42.7 Å². The Bertz CT molecular complexity index is 693. The molecule has 0 spiro atoms. The summed E-state index contributed by atoms with van der Waals surface area (Å²) in [5, 5.41) is 21.1. The van der Waals surface area contributed by atoms with Crippen LogP contribution in [0.4, 0.5) is 10.5 Å². The van der Waals surface area contributed by atoms with Gasteiger partial charge < -0.3 is 20.3 Å². The van der Waals surface area contributed by atoms with E-state index in [9.17, 15) is 19.8 Å². The van der Waals surface area contributed by atoms with Crippen LogP contribution in [0.5, 0.6) is 11.5 Å². The maximum atomic E-state index is 11.6. The van der Waals surface area contributed by atoms with Crippen LogP contribution in [0, 0.1) is 0 Å². The molecular weight excluding hydrogens is 314 g/mol. The summed E-state index contributed by atoms with van der Waals surface area (Å²) in [7, 11) is 0. The van der Waals surface area contributed by atoms with Gasteiger partial charge in [-0.1, -0.05) is 6.07 Å². The Morgan fingerprint density at radius 3 is 2.79 bits per heavy atom. The van der Waals surface area contributed by atoms with Crippen LogP contribution in [0.3, 0.4) is 0 Å². The van der Waals surface area contributed by atoms with E-state index in [2.05, 4.69) is 10.3 Å². The van der Waals surface area contributed by atoms with Crippen molar-refractivity contribution in [1.82, 2.24) is 10.3 Å². The lowest BCUT2D eigenvalue weighted by Crippen LogP contribution is -2.32. The smallest absolute Gasteiger partial charge is 0.408 e. The number of alkyl carbamates (subject to hydrolysis) is 1. The fourth-order valence-electron chi connectivity index (χ4n) is 1.90. The van der Waals surface area contributed by atoms with Gasteiger partial charge in [0, 0.05) is 12.7 Å². The maximum Gasteiger partial charge on any atom is 0.408 e. The van der Waals surface area contributed by atoms with E-state index in [0.29, 0.717) is 18.5 Å². The summed E-state index contributed by atoms with van der Waals surface area (Å²) in [6.45, 7) is 0.0397.